The third-order valence-corrected chi connectivity index (χ3v) is 6.46. The molecule has 0 aliphatic rings. The van der Waals surface area contributed by atoms with Crippen molar-refractivity contribution in [2.24, 2.45) is 0 Å². The van der Waals surface area contributed by atoms with E-state index in [9.17, 15) is 9.59 Å². The van der Waals surface area contributed by atoms with E-state index in [0.29, 0.717) is 27.1 Å². The lowest BCUT2D eigenvalue weighted by Gasteiger charge is -2.05. The largest absolute Gasteiger partial charge is 0.315 e. The first-order chi connectivity index (χ1) is 19.1. The molecule has 10 nitrogen and oxygen atoms in total. The lowest BCUT2D eigenvalue weighted by atomic mass is 10.1. The van der Waals surface area contributed by atoms with Crippen LogP contribution in [0.5, 0.6) is 0 Å². The van der Waals surface area contributed by atoms with E-state index in [-0.39, 0.29) is 11.1 Å². The summed E-state index contributed by atoms with van der Waals surface area (Å²) in [5.74, 6) is 0. The van der Waals surface area contributed by atoms with Gasteiger partial charge in [-0.2, -0.15) is 0 Å². The molecule has 11 heteroatoms. The van der Waals surface area contributed by atoms with Crippen molar-refractivity contribution >= 4 is 38.3 Å². The van der Waals surface area contributed by atoms with Crippen molar-refractivity contribution in [2.75, 3.05) is 0 Å². The fourth-order valence-electron chi connectivity index (χ4n) is 3.95. The molecule has 2 aromatic carbocycles. The third-order valence-electron chi connectivity index (χ3n) is 5.85. The number of hydrogen-bond acceptors (Lipinski definition) is 6. The zero-order chi connectivity index (χ0) is 27.6. The van der Waals surface area contributed by atoms with Gasteiger partial charge in [-0.3, -0.25) is 9.59 Å². The molecular weight excluding hydrogens is 560 g/mol. The van der Waals surface area contributed by atoms with Crippen molar-refractivity contribution in [3.63, 3.8) is 0 Å². The number of aromatic nitrogens is 8. The lowest BCUT2D eigenvalue weighted by molar-refractivity contribution is 0.693. The summed E-state index contributed by atoms with van der Waals surface area (Å²) in [7, 11) is 0. The van der Waals surface area contributed by atoms with Crippen molar-refractivity contribution in [2.45, 2.75) is 39.8 Å². The third kappa shape index (κ3) is 6.74. The maximum absolute atomic E-state index is 11.6. The predicted octanol–water partition coefficient (Wildman–Crippen LogP) is 4.51. The Morgan fingerprint density at radius 3 is 1.87 bits per heavy atom. The summed E-state index contributed by atoms with van der Waals surface area (Å²) in [6.45, 7) is 5.48. The van der Waals surface area contributed by atoms with Gasteiger partial charge >= 0.3 is 0 Å². The Kier molecular flexibility index (Phi) is 9.52. The molecule has 0 aliphatic heterocycles. The SMILES string of the molecule is CC.O=c1[nH]cnc2c1nc(Br)n2CCc1ccccc1.O=c1[nH]cnc2c1ncn2CCc1ccccc1. The van der Waals surface area contributed by atoms with Gasteiger partial charge in [0.05, 0.1) is 19.0 Å². The molecule has 4 aromatic heterocycles. The van der Waals surface area contributed by atoms with Crippen LogP contribution in [-0.2, 0) is 25.9 Å². The van der Waals surface area contributed by atoms with Gasteiger partial charge in [0, 0.05) is 13.1 Å². The van der Waals surface area contributed by atoms with E-state index in [1.54, 1.807) is 6.33 Å². The Morgan fingerprint density at radius 1 is 0.718 bits per heavy atom. The highest BCUT2D eigenvalue weighted by Crippen LogP contribution is 2.16. The maximum atomic E-state index is 11.6. The molecule has 39 heavy (non-hydrogen) atoms. The molecule has 0 unspecified atom stereocenters. The van der Waals surface area contributed by atoms with E-state index in [4.69, 9.17) is 0 Å². The quantitative estimate of drug-likeness (QED) is 0.275. The number of aryl methyl sites for hydroxylation is 4. The number of hydrogen-bond donors (Lipinski definition) is 2. The summed E-state index contributed by atoms with van der Waals surface area (Å²) in [6, 6.07) is 20.4. The van der Waals surface area contributed by atoms with E-state index < -0.39 is 0 Å². The second-order valence-electron chi connectivity index (χ2n) is 8.25. The van der Waals surface area contributed by atoms with E-state index >= 15 is 0 Å². The molecule has 0 spiro atoms. The summed E-state index contributed by atoms with van der Waals surface area (Å²) in [4.78, 5) is 44.8. The number of aromatic amines is 2. The fraction of sp³-hybridized carbons (Fsp3) is 0.214. The van der Waals surface area contributed by atoms with Gasteiger partial charge in [0.25, 0.3) is 11.1 Å². The average Bonchev–Trinajstić information content (AvgIpc) is 3.55. The number of rotatable bonds is 6. The molecule has 0 aliphatic carbocycles. The molecule has 6 rings (SSSR count). The van der Waals surface area contributed by atoms with Crippen LogP contribution in [0.4, 0.5) is 0 Å². The topological polar surface area (TPSA) is 127 Å². The van der Waals surface area contributed by atoms with Crippen molar-refractivity contribution in [1.29, 1.82) is 0 Å². The van der Waals surface area contributed by atoms with Crippen molar-refractivity contribution < 1.29 is 0 Å². The number of H-pyrrole nitrogens is 2. The van der Waals surface area contributed by atoms with Gasteiger partial charge < -0.3 is 19.1 Å². The minimum atomic E-state index is -0.218. The van der Waals surface area contributed by atoms with E-state index in [1.807, 2.05) is 59.4 Å². The molecule has 0 bridgehead atoms. The van der Waals surface area contributed by atoms with Gasteiger partial charge in [0.15, 0.2) is 27.1 Å². The van der Waals surface area contributed by atoms with Crippen LogP contribution in [0.3, 0.4) is 0 Å². The van der Waals surface area contributed by atoms with Crippen molar-refractivity contribution in [3.05, 3.63) is 116 Å². The molecule has 200 valence electrons. The zero-order valence-electron chi connectivity index (χ0n) is 21.7. The van der Waals surface area contributed by atoms with Crippen molar-refractivity contribution in [3.8, 4) is 0 Å². The Bertz CT molecular complexity index is 1740. The number of nitrogens with one attached hydrogen (secondary N) is 2. The normalized spacial score (nSPS) is 10.5. The van der Waals surface area contributed by atoms with Crippen LogP contribution in [-0.4, -0.2) is 39.0 Å². The summed E-state index contributed by atoms with van der Waals surface area (Å²) < 4.78 is 4.43. The second kappa shape index (κ2) is 13.4. The highest BCUT2D eigenvalue weighted by molar-refractivity contribution is 9.10. The van der Waals surface area contributed by atoms with Crippen molar-refractivity contribution in [1.82, 2.24) is 39.0 Å². The van der Waals surface area contributed by atoms with Crippen LogP contribution in [0.2, 0.25) is 0 Å². The molecule has 0 saturated heterocycles. The molecule has 0 amide bonds. The molecule has 4 heterocycles. The smallest absolute Gasteiger partial charge is 0.278 e. The number of nitrogens with zero attached hydrogens (tertiary/aromatic N) is 6. The molecule has 0 fully saturated rings. The van der Waals surface area contributed by atoms with Gasteiger partial charge in [0.2, 0.25) is 0 Å². The van der Waals surface area contributed by atoms with Crippen LogP contribution in [0.1, 0.15) is 25.0 Å². The van der Waals surface area contributed by atoms with Crippen LogP contribution >= 0.6 is 15.9 Å². The highest BCUT2D eigenvalue weighted by atomic mass is 79.9. The number of imidazole rings is 2. The minimum absolute atomic E-state index is 0.196. The van der Waals surface area contributed by atoms with Gasteiger partial charge in [-0.05, 0) is 39.9 Å². The average molecular weight is 589 g/mol. The lowest BCUT2D eigenvalue weighted by Crippen LogP contribution is -2.08. The zero-order valence-corrected chi connectivity index (χ0v) is 23.3. The molecule has 0 atom stereocenters. The second-order valence-corrected chi connectivity index (χ2v) is 8.96. The maximum Gasteiger partial charge on any atom is 0.278 e. The molecule has 6 aromatic rings. The summed E-state index contributed by atoms with van der Waals surface area (Å²) >= 11 is 3.38. The Labute approximate surface area is 233 Å². The Balaban J connectivity index is 0.000000170. The standard InChI is InChI=1S/C13H11BrN4O.C13H12N4O.C2H6/c14-13-17-10-11(15-8-16-12(10)19)18(13)7-6-9-4-2-1-3-5-9;18-13-11-12(14-8-15-13)17(9-16-11)7-6-10-4-2-1-3-5-10;1-2/h1-5,8H,6-7H2,(H,15,16,19);1-5,8-9H,6-7H2,(H,14,15,18);1-2H3. The number of halogens is 1. The first kappa shape index (κ1) is 27.6. The molecule has 2 N–H and O–H groups in total. The molecule has 0 radical (unpaired) electrons. The van der Waals surface area contributed by atoms with Crippen LogP contribution < -0.4 is 11.1 Å². The highest BCUT2D eigenvalue weighted by Gasteiger charge is 2.12. The first-order valence-corrected chi connectivity index (χ1v) is 13.5. The van der Waals surface area contributed by atoms with E-state index in [0.717, 1.165) is 25.9 Å². The van der Waals surface area contributed by atoms with Crippen LogP contribution in [0, 0.1) is 0 Å². The Hall–Kier alpha value is -4.38. The Morgan fingerprint density at radius 2 is 1.26 bits per heavy atom. The van der Waals surface area contributed by atoms with Crippen LogP contribution in [0.15, 0.2) is 94.0 Å². The van der Waals surface area contributed by atoms with E-state index in [1.165, 1.54) is 23.8 Å². The molecule has 0 saturated carbocycles. The molecular formula is C28H29BrN8O2. The van der Waals surface area contributed by atoms with Gasteiger partial charge in [0.1, 0.15) is 0 Å². The number of fused-ring (bicyclic) bond motifs is 2. The first-order valence-electron chi connectivity index (χ1n) is 12.7. The minimum Gasteiger partial charge on any atom is -0.315 e. The number of benzene rings is 2. The monoisotopic (exact) mass is 588 g/mol. The summed E-state index contributed by atoms with van der Waals surface area (Å²) in [5, 5.41) is 0. The predicted molar refractivity (Wildman–Crippen MR) is 156 cm³/mol. The van der Waals surface area contributed by atoms with Gasteiger partial charge in [-0.25, -0.2) is 19.9 Å². The van der Waals surface area contributed by atoms with Gasteiger partial charge in [-0.1, -0.05) is 74.5 Å². The van der Waals surface area contributed by atoms with Crippen LogP contribution in [0.25, 0.3) is 22.3 Å². The van der Waals surface area contributed by atoms with Gasteiger partial charge in [-0.15, -0.1) is 0 Å². The summed E-state index contributed by atoms with van der Waals surface area (Å²) in [6.07, 6.45) is 6.22. The summed E-state index contributed by atoms with van der Waals surface area (Å²) in [5.41, 5.74) is 4.07. The fourth-order valence-corrected chi connectivity index (χ4v) is 4.48. The van der Waals surface area contributed by atoms with E-state index in [2.05, 4.69) is 70.1 Å².